The fourth-order valence-electron chi connectivity index (χ4n) is 4.25. The number of halogens is 1. The Bertz CT molecular complexity index is 519. The van der Waals surface area contributed by atoms with Crippen molar-refractivity contribution in [1.82, 2.24) is 0 Å². The van der Waals surface area contributed by atoms with Crippen LogP contribution in [0, 0.1) is 23.2 Å². The van der Waals surface area contributed by atoms with E-state index in [1.165, 1.54) is 12.0 Å². The fourth-order valence-corrected chi connectivity index (χ4v) is 4.37. The van der Waals surface area contributed by atoms with Crippen molar-refractivity contribution in [1.29, 1.82) is 0 Å². The Hall–Kier alpha value is -0.820. The van der Waals surface area contributed by atoms with Crippen LogP contribution in [0.25, 0.3) is 0 Å². The molecule has 1 aromatic rings. The van der Waals surface area contributed by atoms with Gasteiger partial charge in [0.05, 0.1) is 0 Å². The Labute approximate surface area is 126 Å². The third-order valence-electron chi connectivity index (χ3n) is 5.67. The number of benzene rings is 1. The first kappa shape index (κ1) is 14.1. The monoisotopic (exact) mass is 290 g/mol. The van der Waals surface area contributed by atoms with Crippen LogP contribution in [-0.4, -0.2) is 5.78 Å². The van der Waals surface area contributed by atoms with Crippen molar-refractivity contribution in [3.63, 3.8) is 0 Å². The average molecular weight is 291 g/mol. The zero-order valence-corrected chi connectivity index (χ0v) is 13.3. The summed E-state index contributed by atoms with van der Waals surface area (Å²) in [4.78, 5) is 13.0. The molecule has 0 heterocycles. The molecule has 2 saturated carbocycles. The minimum Gasteiger partial charge on any atom is -0.299 e. The van der Waals surface area contributed by atoms with E-state index in [0.29, 0.717) is 23.5 Å². The van der Waals surface area contributed by atoms with Gasteiger partial charge in [-0.25, -0.2) is 0 Å². The highest BCUT2D eigenvalue weighted by Crippen LogP contribution is 2.68. The van der Waals surface area contributed by atoms with Crippen molar-refractivity contribution in [3.05, 3.63) is 34.9 Å². The topological polar surface area (TPSA) is 17.1 Å². The van der Waals surface area contributed by atoms with Gasteiger partial charge in [0.25, 0.3) is 0 Å². The van der Waals surface area contributed by atoms with Gasteiger partial charge in [0.1, 0.15) is 5.78 Å². The van der Waals surface area contributed by atoms with E-state index in [9.17, 15) is 4.79 Å². The number of carbonyl (C=O) groups excluding carboxylic acids is 1. The molecule has 0 aromatic heterocycles. The Balaban J connectivity index is 1.88. The maximum absolute atomic E-state index is 13.0. The number of hydrogen-bond acceptors (Lipinski definition) is 1. The summed E-state index contributed by atoms with van der Waals surface area (Å²) >= 11 is 5.97. The van der Waals surface area contributed by atoms with E-state index in [2.05, 4.69) is 32.9 Å². The summed E-state index contributed by atoms with van der Waals surface area (Å²) in [6.07, 6.45) is 3.31. The lowest BCUT2D eigenvalue weighted by atomic mass is 9.66. The molecule has 1 aromatic carbocycles. The number of rotatable bonds is 2. The van der Waals surface area contributed by atoms with Crippen molar-refractivity contribution in [2.24, 2.45) is 23.2 Å². The second-order valence-electron chi connectivity index (χ2n) is 7.04. The van der Waals surface area contributed by atoms with Crippen LogP contribution in [0.2, 0.25) is 5.02 Å². The van der Waals surface area contributed by atoms with Crippen molar-refractivity contribution >= 4 is 17.4 Å². The Morgan fingerprint density at radius 3 is 2.45 bits per heavy atom. The average Bonchev–Trinajstić information content (AvgIpc) is 3.14. The van der Waals surface area contributed by atoms with Gasteiger partial charge in [0, 0.05) is 16.4 Å². The summed E-state index contributed by atoms with van der Waals surface area (Å²) in [5.41, 5.74) is 1.22. The van der Waals surface area contributed by atoms with E-state index in [0.717, 1.165) is 17.9 Å². The maximum Gasteiger partial charge on any atom is 0.143 e. The van der Waals surface area contributed by atoms with Crippen LogP contribution in [0.15, 0.2) is 24.3 Å². The molecule has 4 atom stereocenters. The summed E-state index contributed by atoms with van der Waals surface area (Å²) in [6, 6.07) is 8.09. The third kappa shape index (κ3) is 2.02. The zero-order chi connectivity index (χ0) is 14.5. The number of carbonyl (C=O) groups is 1. The summed E-state index contributed by atoms with van der Waals surface area (Å²) in [5.74, 6) is 2.21. The van der Waals surface area contributed by atoms with Crippen molar-refractivity contribution in [3.8, 4) is 0 Å². The third-order valence-corrected chi connectivity index (χ3v) is 5.92. The van der Waals surface area contributed by atoms with Gasteiger partial charge >= 0.3 is 0 Å². The first-order chi connectivity index (χ1) is 9.46. The van der Waals surface area contributed by atoms with Gasteiger partial charge in [0.2, 0.25) is 0 Å². The predicted octanol–water partition coefficient (Wildman–Crippen LogP) is 5.08. The second kappa shape index (κ2) is 4.87. The molecular weight excluding hydrogens is 268 g/mol. The van der Waals surface area contributed by atoms with E-state index in [1.54, 1.807) is 0 Å². The number of Topliss-reactive ketones (excluding diaryl/α,β-unsaturated/α-hetero) is 1. The van der Waals surface area contributed by atoms with Crippen LogP contribution in [0.4, 0.5) is 0 Å². The molecule has 2 fully saturated rings. The SMILES string of the molecule is CC(C)[C@@H]1CC[C@H](C)[C@@]2(C[C@H]2c2ccc(Cl)cc2)C1=O. The molecule has 0 unspecified atom stereocenters. The maximum atomic E-state index is 13.0. The Morgan fingerprint density at radius 1 is 1.20 bits per heavy atom. The molecule has 0 saturated heterocycles. The smallest absolute Gasteiger partial charge is 0.143 e. The standard InChI is InChI=1S/C18H23ClO/c1-11(2)15-9-4-12(3)18(17(15)20)10-16(18)13-5-7-14(19)8-6-13/h5-8,11-12,15-16H,4,9-10H2,1-3H3/t12-,15-,16-,18+/m0/s1. The van der Waals surface area contributed by atoms with Gasteiger partial charge in [-0.15, -0.1) is 0 Å². The summed E-state index contributed by atoms with van der Waals surface area (Å²) in [5, 5.41) is 0.770. The van der Waals surface area contributed by atoms with Crippen molar-refractivity contribution in [2.45, 2.75) is 46.0 Å². The van der Waals surface area contributed by atoms with Crippen LogP contribution in [-0.2, 0) is 4.79 Å². The second-order valence-corrected chi connectivity index (χ2v) is 7.48. The molecular formula is C18H23ClO. The van der Waals surface area contributed by atoms with E-state index in [4.69, 9.17) is 11.6 Å². The van der Waals surface area contributed by atoms with Crippen LogP contribution in [0.5, 0.6) is 0 Å². The fraction of sp³-hybridized carbons (Fsp3) is 0.611. The van der Waals surface area contributed by atoms with Crippen LogP contribution >= 0.6 is 11.6 Å². The van der Waals surface area contributed by atoms with Crippen molar-refractivity contribution in [2.75, 3.05) is 0 Å². The molecule has 2 aliphatic rings. The van der Waals surface area contributed by atoms with Crippen LogP contribution in [0.3, 0.4) is 0 Å². The van der Waals surface area contributed by atoms with Gasteiger partial charge < -0.3 is 0 Å². The van der Waals surface area contributed by atoms with E-state index in [1.807, 2.05) is 12.1 Å². The number of ketones is 1. The lowest BCUT2D eigenvalue weighted by Crippen LogP contribution is -2.39. The highest BCUT2D eigenvalue weighted by molar-refractivity contribution is 6.30. The molecule has 108 valence electrons. The van der Waals surface area contributed by atoms with Gasteiger partial charge in [-0.2, -0.15) is 0 Å². The molecule has 0 radical (unpaired) electrons. The Kier molecular flexibility index (Phi) is 3.44. The summed E-state index contributed by atoms with van der Waals surface area (Å²) in [6.45, 7) is 6.64. The molecule has 1 spiro atoms. The van der Waals surface area contributed by atoms with E-state index >= 15 is 0 Å². The molecule has 1 nitrogen and oxygen atoms in total. The minimum absolute atomic E-state index is 0.0684. The molecule has 3 rings (SSSR count). The predicted molar refractivity (Wildman–Crippen MR) is 83.0 cm³/mol. The van der Waals surface area contributed by atoms with Crippen LogP contribution in [0.1, 0.15) is 51.5 Å². The largest absolute Gasteiger partial charge is 0.299 e. The summed E-state index contributed by atoms with van der Waals surface area (Å²) < 4.78 is 0. The molecule has 0 amide bonds. The quantitative estimate of drug-likeness (QED) is 0.742. The van der Waals surface area contributed by atoms with Gasteiger partial charge in [-0.1, -0.05) is 44.5 Å². The molecule has 0 N–H and O–H groups in total. The molecule has 0 aliphatic heterocycles. The lowest BCUT2D eigenvalue weighted by molar-refractivity contribution is -0.135. The van der Waals surface area contributed by atoms with E-state index in [-0.39, 0.29) is 11.3 Å². The zero-order valence-electron chi connectivity index (χ0n) is 12.5. The van der Waals surface area contributed by atoms with E-state index < -0.39 is 0 Å². The Morgan fingerprint density at radius 2 is 1.85 bits per heavy atom. The molecule has 2 heteroatoms. The highest BCUT2D eigenvalue weighted by Gasteiger charge is 2.65. The normalized spacial score (nSPS) is 36.6. The highest BCUT2D eigenvalue weighted by atomic mass is 35.5. The van der Waals surface area contributed by atoms with Crippen LogP contribution < -0.4 is 0 Å². The molecule has 0 bridgehead atoms. The van der Waals surface area contributed by atoms with Gasteiger partial charge in [-0.05, 0) is 54.7 Å². The van der Waals surface area contributed by atoms with Crippen molar-refractivity contribution < 1.29 is 4.79 Å². The molecule has 2 aliphatic carbocycles. The minimum atomic E-state index is -0.0684. The molecule has 20 heavy (non-hydrogen) atoms. The summed E-state index contributed by atoms with van der Waals surface area (Å²) in [7, 11) is 0. The first-order valence-electron chi connectivity index (χ1n) is 7.76. The lowest BCUT2D eigenvalue weighted by Gasteiger charge is -2.36. The van der Waals surface area contributed by atoms with Gasteiger partial charge in [-0.3, -0.25) is 4.79 Å². The first-order valence-corrected chi connectivity index (χ1v) is 8.14. The van der Waals surface area contributed by atoms with Gasteiger partial charge in [0.15, 0.2) is 0 Å². The number of hydrogen-bond donors (Lipinski definition) is 0.